The van der Waals surface area contributed by atoms with E-state index in [4.69, 9.17) is 0 Å². The summed E-state index contributed by atoms with van der Waals surface area (Å²) in [5.74, 6) is 1.42. The molecule has 0 unspecified atom stereocenters. The van der Waals surface area contributed by atoms with Gasteiger partial charge in [0.05, 0.1) is 0 Å². The van der Waals surface area contributed by atoms with Gasteiger partial charge in [0, 0.05) is 5.56 Å². The fourth-order valence-corrected chi connectivity index (χ4v) is 5.53. The normalized spacial score (nSPS) is 20.9. The van der Waals surface area contributed by atoms with Gasteiger partial charge in [0.2, 0.25) is 0 Å². The van der Waals surface area contributed by atoms with Gasteiger partial charge in [-0.15, -0.1) is 0 Å². The van der Waals surface area contributed by atoms with E-state index in [9.17, 15) is 4.39 Å². The van der Waals surface area contributed by atoms with Crippen molar-refractivity contribution < 1.29 is 8.78 Å². The molecular formula is C29H36F2. The highest BCUT2D eigenvalue weighted by Gasteiger charge is 2.22. The molecule has 2 aromatic carbocycles. The molecule has 0 spiro atoms. The molecule has 2 aromatic rings. The summed E-state index contributed by atoms with van der Waals surface area (Å²) >= 11 is 0. The van der Waals surface area contributed by atoms with Crippen molar-refractivity contribution in [3.05, 3.63) is 64.7 Å². The van der Waals surface area contributed by atoms with Crippen LogP contribution in [0.4, 0.5) is 8.78 Å². The summed E-state index contributed by atoms with van der Waals surface area (Å²) in [5, 5.41) is 0. The number of halogens is 2. The summed E-state index contributed by atoms with van der Waals surface area (Å²) in [6.07, 6.45) is 17.6. The molecule has 2 heteroatoms. The van der Waals surface area contributed by atoms with Gasteiger partial charge < -0.3 is 0 Å². The fourth-order valence-electron chi connectivity index (χ4n) is 5.53. The van der Waals surface area contributed by atoms with Crippen LogP contribution >= 0.6 is 0 Å². The second kappa shape index (κ2) is 10.6. The lowest BCUT2D eigenvalue weighted by Crippen LogP contribution is -2.15. The minimum absolute atomic E-state index is 0.138. The molecule has 2 aliphatic rings. The van der Waals surface area contributed by atoms with Gasteiger partial charge in [-0.3, -0.25) is 0 Å². The molecule has 0 heterocycles. The minimum atomic E-state index is -0.292. The van der Waals surface area contributed by atoms with Crippen molar-refractivity contribution in [2.45, 2.75) is 84.0 Å². The van der Waals surface area contributed by atoms with Crippen molar-refractivity contribution in [3.63, 3.8) is 0 Å². The Hall–Kier alpha value is -1.96. The number of rotatable bonds is 8. The topological polar surface area (TPSA) is 0 Å². The molecule has 0 aliphatic heterocycles. The lowest BCUT2D eigenvalue weighted by Gasteiger charge is -2.29. The number of hydrogen-bond acceptors (Lipinski definition) is 0. The molecule has 0 nitrogen and oxygen atoms in total. The molecule has 1 fully saturated rings. The SMILES string of the molecule is CCCCCC1CCC(CCC2=Cc3ccc(-c4ccc(F)cc4)c(F)c3CC2)CC1. The highest BCUT2D eigenvalue weighted by atomic mass is 19.1. The van der Waals surface area contributed by atoms with Crippen molar-refractivity contribution in [1.82, 2.24) is 0 Å². The number of allylic oxidation sites excluding steroid dienone is 1. The summed E-state index contributed by atoms with van der Waals surface area (Å²) in [6.45, 7) is 2.29. The highest BCUT2D eigenvalue weighted by molar-refractivity contribution is 5.70. The van der Waals surface area contributed by atoms with E-state index in [1.165, 1.54) is 75.5 Å². The van der Waals surface area contributed by atoms with Crippen LogP contribution in [0.1, 0.15) is 88.7 Å². The summed E-state index contributed by atoms with van der Waals surface area (Å²) in [5.41, 5.74) is 4.64. The van der Waals surface area contributed by atoms with Crippen LogP contribution in [0.3, 0.4) is 0 Å². The second-order valence-corrected chi connectivity index (χ2v) is 9.73. The van der Waals surface area contributed by atoms with Gasteiger partial charge in [0.1, 0.15) is 11.6 Å². The Morgan fingerprint density at radius 2 is 1.52 bits per heavy atom. The first-order chi connectivity index (χ1) is 15.1. The molecule has 0 amide bonds. The first kappa shape index (κ1) is 22.2. The van der Waals surface area contributed by atoms with Gasteiger partial charge in [0.25, 0.3) is 0 Å². The molecule has 0 aromatic heterocycles. The number of unbranched alkanes of at least 4 members (excludes halogenated alkanes) is 2. The molecule has 0 atom stereocenters. The third-order valence-corrected chi connectivity index (χ3v) is 7.55. The third-order valence-electron chi connectivity index (χ3n) is 7.55. The lowest BCUT2D eigenvalue weighted by atomic mass is 9.77. The monoisotopic (exact) mass is 422 g/mol. The second-order valence-electron chi connectivity index (χ2n) is 9.73. The van der Waals surface area contributed by atoms with Crippen LogP contribution in [0.15, 0.2) is 42.0 Å². The average Bonchev–Trinajstić information content (AvgIpc) is 2.80. The summed E-state index contributed by atoms with van der Waals surface area (Å²) in [6, 6.07) is 9.99. The largest absolute Gasteiger partial charge is 0.207 e. The van der Waals surface area contributed by atoms with Crippen molar-refractivity contribution in [2.75, 3.05) is 0 Å². The number of fused-ring (bicyclic) bond motifs is 1. The standard InChI is InChI=1S/C29H36F2/c1-2-3-4-5-21-6-8-22(9-7-21)10-11-23-12-18-28-25(20-23)15-19-27(29(28)31)24-13-16-26(30)17-14-24/h13-17,19-22H,2-12,18H2,1H3. The summed E-state index contributed by atoms with van der Waals surface area (Å²) in [7, 11) is 0. The quantitative estimate of drug-likeness (QED) is 0.372. The summed E-state index contributed by atoms with van der Waals surface area (Å²) in [4.78, 5) is 0. The van der Waals surface area contributed by atoms with Gasteiger partial charge in [-0.1, -0.05) is 94.2 Å². The van der Waals surface area contributed by atoms with Gasteiger partial charge in [0.15, 0.2) is 0 Å². The predicted molar refractivity (Wildman–Crippen MR) is 127 cm³/mol. The van der Waals surface area contributed by atoms with E-state index >= 15 is 4.39 Å². The first-order valence-corrected chi connectivity index (χ1v) is 12.4. The highest BCUT2D eigenvalue weighted by Crippen LogP contribution is 2.37. The van der Waals surface area contributed by atoms with Crippen molar-refractivity contribution in [2.24, 2.45) is 11.8 Å². The van der Waals surface area contributed by atoms with Crippen molar-refractivity contribution in [1.29, 1.82) is 0 Å². The van der Waals surface area contributed by atoms with Crippen molar-refractivity contribution >= 4 is 6.08 Å². The lowest BCUT2D eigenvalue weighted by molar-refractivity contribution is 0.249. The number of hydrogen-bond donors (Lipinski definition) is 0. The van der Waals surface area contributed by atoms with Gasteiger partial charge in [-0.05, 0) is 66.3 Å². The smallest absolute Gasteiger partial charge is 0.134 e. The van der Waals surface area contributed by atoms with Gasteiger partial charge in [-0.2, -0.15) is 0 Å². The Morgan fingerprint density at radius 3 is 2.23 bits per heavy atom. The Bertz CT molecular complexity index is 886. The third kappa shape index (κ3) is 5.64. The maximum Gasteiger partial charge on any atom is 0.134 e. The van der Waals surface area contributed by atoms with Crippen molar-refractivity contribution in [3.8, 4) is 11.1 Å². The molecular weight excluding hydrogens is 386 g/mol. The molecule has 0 N–H and O–H groups in total. The van der Waals surface area contributed by atoms with Gasteiger partial charge >= 0.3 is 0 Å². The molecule has 0 radical (unpaired) electrons. The zero-order chi connectivity index (χ0) is 21.6. The maximum absolute atomic E-state index is 15.2. The maximum atomic E-state index is 15.2. The molecule has 4 rings (SSSR count). The van der Waals surface area contributed by atoms with Crippen LogP contribution in [0.2, 0.25) is 0 Å². The molecule has 0 saturated heterocycles. The van der Waals surface area contributed by atoms with E-state index in [-0.39, 0.29) is 11.6 Å². The van der Waals surface area contributed by atoms with E-state index in [0.29, 0.717) is 5.56 Å². The van der Waals surface area contributed by atoms with Crippen LogP contribution in [-0.4, -0.2) is 0 Å². The predicted octanol–water partition coefficient (Wildman–Crippen LogP) is 9.13. The van der Waals surface area contributed by atoms with Crippen LogP contribution < -0.4 is 0 Å². The molecule has 31 heavy (non-hydrogen) atoms. The Kier molecular flexibility index (Phi) is 7.58. The Balaban J connectivity index is 1.33. The molecule has 1 saturated carbocycles. The van der Waals surface area contributed by atoms with E-state index in [1.807, 2.05) is 12.1 Å². The average molecular weight is 423 g/mol. The zero-order valence-corrected chi connectivity index (χ0v) is 18.9. The van der Waals surface area contributed by atoms with Crippen LogP contribution in [0, 0.1) is 23.5 Å². The van der Waals surface area contributed by atoms with E-state index in [0.717, 1.165) is 47.8 Å². The minimum Gasteiger partial charge on any atom is -0.207 e. The van der Waals surface area contributed by atoms with E-state index in [2.05, 4.69) is 13.0 Å². The first-order valence-electron chi connectivity index (χ1n) is 12.4. The van der Waals surface area contributed by atoms with Crippen LogP contribution in [0.5, 0.6) is 0 Å². The van der Waals surface area contributed by atoms with Crippen LogP contribution in [0.25, 0.3) is 17.2 Å². The van der Waals surface area contributed by atoms with E-state index < -0.39 is 0 Å². The van der Waals surface area contributed by atoms with Gasteiger partial charge in [-0.25, -0.2) is 8.78 Å². The summed E-state index contributed by atoms with van der Waals surface area (Å²) < 4.78 is 28.4. The number of benzene rings is 2. The molecule has 2 aliphatic carbocycles. The zero-order valence-electron chi connectivity index (χ0n) is 18.9. The Labute approximate surface area is 186 Å². The van der Waals surface area contributed by atoms with E-state index in [1.54, 1.807) is 12.1 Å². The Morgan fingerprint density at radius 1 is 0.806 bits per heavy atom. The fraction of sp³-hybridized carbons (Fsp3) is 0.517. The molecule has 0 bridgehead atoms. The molecule has 166 valence electrons. The van der Waals surface area contributed by atoms with Crippen LogP contribution in [-0.2, 0) is 6.42 Å².